The Labute approximate surface area is 124 Å². The predicted molar refractivity (Wildman–Crippen MR) is 83.8 cm³/mol. The highest BCUT2D eigenvalue weighted by Crippen LogP contribution is 2.28. The topological polar surface area (TPSA) is 61.4 Å². The van der Waals surface area contributed by atoms with E-state index >= 15 is 0 Å². The fourth-order valence-electron chi connectivity index (χ4n) is 2.03. The first-order valence-electron chi connectivity index (χ1n) is 6.78. The molecule has 1 saturated heterocycles. The highest BCUT2D eigenvalue weighted by atomic mass is 32.2. The number of amides is 1. The van der Waals surface area contributed by atoms with Gasteiger partial charge in [-0.15, -0.1) is 0 Å². The van der Waals surface area contributed by atoms with E-state index < -0.39 is 5.60 Å². The van der Waals surface area contributed by atoms with E-state index in [0.717, 1.165) is 11.4 Å². The molecule has 0 spiro atoms. The van der Waals surface area contributed by atoms with Crippen LogP contribution in [0.5, 0.6) is 0 Å². The molecule has 0 bridgehead atoms. The zero-order valence-electron chi connectivity index (χ0n) is 12.2. The number of nitrogens with one attached hydrogen (secondary N) is 2. The summed E-state index contributed by atoms with van der Waals surface area (Å²) in [6.45, 7) is 6.47. The molecule has 110 valence electrons. The Morgan fingerprint density at radius 3 is 2.45 bits per heavy atom. The normalized spacial score (nSPS) is 22.6. The van der Waals surface area contributed by atoms with Crippen molar-refractivity contribution >= 4 is 23.4 Å². The quantitative estimate of drug-likeness (QED) is 0.749. The fraction of sp³-hybridized carbons (Fsp3) is 0.533. The van der Waals surface area contributed by atoms with Gasteiger partial charge in [0.1, 0.15) is 0 Å². The summed E-state index contributed by atoms with van der Waals surface area (Å²) in [6, 6.07) is 7.92. The molecule has 1 fully saturated rings. The lowest BCUT2D eigenvalue weighted by Crippen LogP contribution is -2.48. The molecule has 0 saturated carbocycles. The second kappa shape index (κ2) is 5.66. The summed E-state index contributed by atoms with van der Waals surface area (Å²) < 4.78 is 0. The van der Waals surface area contributed by atoms with Gasteiger partial charge in [-0.1, -0.05) is 32.9 Å². The molecule has 20 heavy (non-hydrogen) atoms. The van der Waals surface area contributed by atoms with Gasteiger partial charge in [0.2, 0.25) is 0 Å². The predicted octanol–water partition coefficient (Wildman–Crippen LogP) is 2.30. The summed E-state index contributed by atoms with van der Waals surface area (Å²) in [6.07, 6.45) is 0.508. The number of hydrazine groups is 1. The average molecular weight is 294 g/mol. The number of aliphatic hydroxyl groups is 1. The first-order valence-corrected chi connectivity index (χ1v) is 7.94. The van der Waals surface area contributed by atoms with Crippen LogP contribution in [0.3, 0.4) is 0 Å². The summed E-state index contributed by atoms with van der Waals surface area (Å²) >= 11 is 1.60. The SMILES string of the molecule is CC(C)(C)c1ccc(NNC(=O)C2(O)CCSC2)cc1. The van der Waals surface area contributed by atoms with Crippen LogP contribution in [0.15, 0.2) is 24.3 Å². The Morgan fingerprint density at radius 1 is 1.30 bits per heavy atom. The van der Waals surface area contributed by atoms with Gasteiger partial charge in [-0.2, -0.15) is 11.8 Å². The monoisotopic (exact) mass is 294 g/mol. The second-order valence-electron chi connectivity index (χ2n) is 6.24. The molecule has 1 aliphatic rings. The van der Waals surface area contributed by atoms with Gasteiger partial charge < -0.3 is 5.11 Å². The maximum Gasteiger partial charge on any atom is 0.271 e. The van der Waals surface area contributed by atoms with Crippen molar-refractivity contribution < 1.29 is 9.90 Å². The molecule has 1 aromatic rings. The highest BCUT2D eigenvalue weighted by molar-refractivity contribution is 7.99. The van der Waals surface area contributed by atoms with E-state index in [4.69, 9.17) is 0 Å². The lowest BCUT2D eigenvalue weighted by Gasteiger charge is -2.22. The van der Waals surface area contributed by atoms with Crippen molar-refractivity contribution in [2.45, 2.75) is 38.2 Å². The van der Waals surface area contributed by atoms with E-state index in [0.29, 0.717) is 12.2 Å². The van der Waals surface area contributed by atoms with Crippen molar-refractivity contribution in [1.29, 1.82) is 0 Å². The summed E-state index contributed by atoms with van der Waals surface area (Å²) in [4.78, 5) is 11.9. The molecule has 0 aromatic heterocycles. The van der Waals surface area contributed by atoms with Gasteiger partial charge in [-0.25, -0.2) is 0 Å². The Kier molecular flexibility index (Phi) is 4.30. The molecule has 1 atom stereocenters. The van der Waals surface area contributed by atoms with Gasteiger partial charge in [-0.05, 0) is 35.3 Å². The van der Waals surface area contributed by atoms with Crippen LogP contribution in [-0.2, 0) is 10.2 Å². The minimum atomic E-state index is -1.23. The lowest BCUT2D eigenvalue weighted by atomic mass is 9.87. The summed E-state index contributed by atoms with van der Waals surface area (Å²) in [7, 11) is 0. The molecular formula is C15H22N2O2S. The zero-order valence-corrected chi connectivity index (χ0v) is 13.0. The molecule has 1 aromatic carbocycles. The van der Waals surface area contributed by atoms with Gasteiger partial charge in [-0.3, -0.25) is 15.6 Å². The molecule has 2 rings (SSSR count). The smallest absolute Gasteiger partial charge is 0.271 e. The van der Waals surface area contributed by atoms with Crippen molar-refractivity contribution in [3.63, 3.8) is 0 Å². The number of hydrogen-bond donors (Lipinski definition) is 3. The van der Waals surface area contributed by atoms with E-state index in [1.54, 1.807) is 11.8 Å². The fourth-order valence-corrected chi connectivity index (χ4v) is 3.27. The Morgan fingerprint density at radius 2 is 1.95 bits per heavy atom. The molecule has 1 aliphatic heterocycles. The molecule has 1 heterocycles. The van der Waals surface area contributed by atoms with Gasteiger partial charge in [0, 0.05) is 5.75 Å². The van der Waals surface area contributed by atoms with Crippen molar-refractivity contribution in [2.75, 3.05) is 16.9 Å². The van der Waals surface area contributed by atoms with Crippen LogP contribution in [0.4, 0.5) is 5.69 Å². The third kappa shape index (κ3) is 3.46. The van der Waals surface area contributed by atoms with Crippen LogP contribution in [0.2, 0.25) is 0 Å². The van der Waals surface area contributed by atoms with Gasteiger partial charge in [0.15, 0.2) is 5.60 Å². The Hall–Kier alpha value is -1.20. The maximum atomic E-state index is 11.9. The molecule has 0 radical (unpaired) electrons. The van der Waals surface area contributed by atoms with Crippen LogP contribution < -0.4 is 10.9 Å². The van der Waals surface area contributed by atoms with Crippen LogP contribution in [-0.4, -0.2) is 28.1 Å². The zero-order chi connectivity index (χ0) is 14.8. The van der Waals surface area contributed by atoms with Crippen LogP contribution >= 0.6 is 11.8 Å². The minimum absolute atomic E-state index is 0.109. The number of carbonyl (C=O) groups excluding carboxylic acids is 1. The van der Waals surface area contributed by atoms with E-state index in [1.807, 2.05) is 24.3 Å². The van der Waals surface area contributed by atoms with Crippen LogP contribution in [0, 0.1) is 0 Å². The highest BCUT2D eigenvalue weighted by Gasteiger charge is 2.39. The van der Waals surface area contributed by atoms with Gasteiger partial charge in [0.05, 0.1) is 5.69 Å². The van der Waals surface area contributed by atoms with Crippen molar-refractivity contribution in [3.05, 3.63) is 29.8 Å². The van der Waals surface area contributed by atoms with Crippen LogP contribution in [0.25, 0.3) is 0 Å². The number of benzene rings is 1. The lowest BCUT2D eigenvalue weighted by molar-refractivity contribution is -0.136. The van der Waals surface area contributed by atoms with Crippen molar-refractivity contribution in [2.24, 2.45) is 0 Å². The summed E-state index contributed by atoms with van der Waals surface area (Å²) in [5.74, 6) is 0.927. The van der Waals surface area contributed by atoms with E-state index in [2.05, 4.69) is 31.6 Å². The molecule has 1 unspecified atom stereocenters. The third-order valence-electron chi connectivity index (χ3n) is 3.49. The largest absolute Gasteiger partial charge is 0.379 e. The second-order valence-corrected chi connectivity index (χ2v) is 7.35. The van der Waals surface area contributed by atoms with E-state index in [1.165, 1.54) is 5.56 Å². The van der Waals surface area contributed by atoms with Crippen molar-refractivity contribution in [3.8, 4) is 0 Å². The number of thioether (sulfide) groups is 1. The molecule has 3 N–H and O–H groups in total. The number of rotatable bonds is 3. The number of hydrogen-bond acceptors (Lipinski definition) is 4. The first-order chi connectivity index (χ1) is 9.31. The standard InChI is InChI=1S/C15H22N2O2S/c1-14(2,3)11-4-6-12(7-5-11)16-17-13(18)15(19)8-9-20-10-15/h4-7,16,19H,8-10H2,1-3H3,(H,17,18). The van der Waals surface area contributed by atoms with Crippen molar-refractivity contribution in [1.82, 2.24) is 5.43 Å². The maximum absolute atomic E-state index is 11.9. The molecule has 0 aliphatic carbocycles. The summed E-state index contributed by atoms with van der Waals surface area (Å²) in [5, 5.41) is 10.1. The third-order valence-corrected chi connectivity index (χ3v) is 4.67. The van der Waals surface area contributed by atoms with Gasteiger partial charge in [0.25, 0.3) is 5.91 Å². The minimum Gasteiger partial charge on any atom is -0.379 e. The molecule has 5 heteroatoms. The molecule has 1 amide bonds. The van der Waals surface area contributed by atoms with E-state index in [9.17, 15) is 9.90 Å². The molecular weight excluding hydrogens is 272 g/mol. The van der Waals surface area contributed by atoms with Gasteiger partial charge >= 0.3 is 0 Å². The average Bonchev–Trinajstić information content (AvgIpc) is 2.84. The first kappa shape index (κ1) is 15.2. The number of anilines is 1. The Bertz CT molecular complexity index is 474. The Balaban J connectivity index is 1.93. The molecule has 4 nitrogen and oxygen atoms in total. The van der Waals surface area contributed by atoms with E-state index in [-0.39, 0.29) is 11.3 Å². The summed E-state index contributed by atoms with van der Waals surface area (Å²) in [5.41, 5.74) is 6.36. The van der Waals surface area contributed by atoms with Crippen LogP contribution in [0.1, 0.15) is 32.8 Å². The number of carbonyl (C=O) groups is 1.